The number of anilines is 1. The molecule has 0 bridgehead atoms. The number of amides is 1. The zero-order valence-corrected chi connectivity index (χ0v) is 10.1. The van der Waals surface area contributed by atoms with E-state index < -0.39 is 0 Å². The van der Waals surface area contributed by atoms with Gasteiger partial charge in [-0.25, -0.2) is 0 Å². The molecule has 3 aromatic rings. The van der Waals surface area contributed by atoms with Crippen LogP contribution < -0.4 is 5.32 Å². The van der Waals surface area contributed by atoms with Crippen molar-refractivity contribution in [1.82, 2.24) is 15.2 Å². The fourth-order valence-corrected chi connectivity index (χ4v) is 1.85. The van der Waals surface area contributed by atoms with Gasteiger partial charge < -0.3 is 10.3 Å². The minimum Gasteiger partial charge on any atom is -0.357 e. The largest absolute Gasteiger partial charge is 0.357 e. The highest BCUT2D eigenvalue weighted by molar-refractivity contribution is 6.03. The zero-order chi connectivity index (χ0) is 13.1. The van der Waals surface area contributed by atoms with Crippen molar-refractivity contribution in [2.75, 3.05) is 5.32 Å². The third-order valence-corrected chi connectivity index (χ3v) is 2.77. The van der Waals surface area contributed by atoms with Gasteiger partial charge in [-0.05, 0) is 30.3 Å². The summed E-state index contributed by atoms with van der Waals surface area (Å²) < 4.78 is 0. The van der Waals surface area contributed by atoms with E-state index in [1.54, 1.807) is 24.5 Å². The lowest BCUT2D eigenvalue weighted by molar-refractivity contribution is 0.102. The summed E-state index contributed by atoms with van der Waals surface area (Å²) in [6, 6.07) is 13.0. The van der Waals surface area contributed by atoms with Gasteiger partial charge in [-0.3, -0.25) is 9.89 Å². The van der Waals surface area contributed by atoms with Gasteiger partial charge in [0.15, 0.2) is 0 Å². The molecule has 3 rings (SSSR count). The number of carbonyl (C=O) groups is 1. The summed E-state index contributed by atoms with van der Waals surface area (Å²) in [5.41, 5.74) is 3.16. The molecule has 5 heteroatoms. The summed E-state index contributed by atoms with van der Waals surface area (Å²) in [6.07, 6.45) is 3.41. The second-order valence-corrected chi connectivity index (χ2v) is 4.09. The first-order chi connectivity index (χ1) is 9.33. The van der Waals surface area contributed by atoms with Gasteiger partial charge in [-0.15, -0.1) is 0 Å². The Labute approximate surface area is 109 Å². The third kappa shape index (κ3) is 2.40. The number of carbonyl (C=O) groups excluding carboxylic acids is 1. The van der Waals surface area contributed by atoms with Crippen molar-refractivity contribution < 1.29 is 4.79 Å². The molecule has 2 aromatic heterocycles. The molecule has 1 aromatic carbocycles. The molecule has 0 spiro atoms. The quantitative estimate of drug-likeness (QED) is 0.670. The van der Waals surface area contributed by atoms with Crippen molar-refractivity contribution in [2.24, 2.45) is 0 Å². The Morgan fingerprint density at radius 1 is 1.16 bits per heavy atom. The highest BCUT2D eigenvalue weighted by Gasteiger charge is 2.07. The number of H-pyrrole nitrogens is 2. The van der Waals surface area contributed by atoms with Crippen molar-refractivity contribution in [1.29, 1.82) is 0 Å². The number of hydrogen-bond donors (Lipinski definition) is 3. The molecule has 0 radical (unpaired) electrons. The molecule has 94 valence electrons. The predicted octanol–water partition coefficient (Wildman–Crippen LogP) is 2.66. The van der Waals surface area contributed by atoms with Crippen molar-refractivity contribution in [3.8, 4) is 11.3 Å². The maximum atomic E-state index is 11.9. The summed E-state index contributed by atoms with van der Waals surface area (Å²) in [4.78, 5) is 14.8. The number of hydrogen-bond acceptors (Lipinski definition) is 2. The first-order valence-corrected chi connectivity index (χ1v) is 5.87. The maximum absolute atomic E-state index is 11.9. The van der Waals surface area contributed by atoms with Gasteiger partial charge in [0.1, 0.15) is 5.69 Å². The van der Waals surface area contributed by atoms with Gasteiger partial charge in [0.25, 0.3) is 5.91 Å². The topological polar surface area (TPSA) is 73.6 Å². The van der Waals surface area contributed by atoms with Crippen LogP contribution in [0.1, 0.15) is 10.5 Å². The Bertz CT molecular complexity index is 671. The SMILES string of the molecule is O=C(Nc1cccc(-c2ccn[nH]2)c1)c1ccc[nH]1. The molecule has 0 unspecified atom stereocenters. The van der Waals surface area contributed by atoms with Crippen LogP contribution in [0.5, 0.6) is 0 Å². The zero-order valence-electron chi connectivity index (χ0n) is 10.1. The van der Waals surface area contributed by atoms with Gasteiger partial charge in [0.05, 0.1) is 5.69 Å². The minimum atomic E-state index is -0.160. The fourth-order valence-electron chi connectivity index (χ4n) is 1.85. The second-order valence-electron chi connectivity index (χ2n) is 4.09. The Balaban J connectivity index is 1.82. The first kappa shape index (κ1) is 11.3. The molecule has 0 saturated carbocycles. The van der Waals surface area contributed by atoms with Crippen LogP contribution in [0.25, 0.3) is 11.3 Å². The van der Waals surface area contributed by atoms with Gasteiger partial charge in [0.2, 0.25) is 0 Å². The van der Waals surface area contributed by atoms with Crippen molar-refractivity contribution in [3.05, 3.63) is 60.6 Å². The number of nitrogens with one attached hydrogen (secondary N) is 3. The van der Waals surface area contributed by atoms with E-state index in [2.05, 4.69) is 20.5 Å². The van der Waals surface area contributed by atoms with Crippen LogP contribution in [0.15, 0.2) is 54.9 Å². The Kier molecular flexibility index (Phi) is 2.86. The van der Waals surface area contributed by atoms with Crippen LogP contribution in [0.3, 0.4) is 0 Å². The Morgan fingerprint density at radius 3 is 2.84 bits per heavy atom. The summed E-state index contributed by atoms with van der Waals surface area (Å²) in [5, 5.41) is 9.65. The number of aromatic nitrogens is 3. The summed E-state index contributed by atoms with van der Waals surface area (Å²) >= 11 is 0. The molecule has 19 heavy (non-hydrogen) atoms. The van der Waals surface area contributed by atoms with E-state index in [1.165, 1.54) is 0 Å². The van der Waals surface area contributed by atoms with Gasteiger partial charge in [-0.1, -0.05) is 12.1 Å². The molecular formula is C14H12N4O. The minimum absolute atomic E-state index is 0.160. The number of nitrogens with zero attached hydrogens (tertiary/aromatic N) is 1. The molecule has 2 heterocycles. The van der Waals surface area contributed by atoms with E-state index in [0.717, 1.165) is 16.9 Å². The summed E-state index contributed by atoms with van der Waals surface area (Å²) in [7, 11) is 0. The van der Waals surface area contributed by atoms with E-state index in [9.17, 15) is 4.79 Å². The van der Waals surface area contributed by atoms with Crippen LogP contribution in [-0.4, -0.2) is 21.1 Å². The second kappa shape index (κ2) is 4.81. The lowest BCUT2D eigenvalue weighted by Gasteiger charge is -2.05. The van der Waals surface area contributed by atoms with Crippen LogP contribution in [0.4, 0.5) is 5.69 Å². The predicted molar refractivity (Wildman–Crippen MR) is 72.8 cm³/mol. The van der Waals surface area contributed by atoms with E-state index >= 15 is 0 Å². The van der Waals surface area contributed by atoms with Crippen LogP contribution in [0, 0.1) is 0 Å². The first-order valence-electron chi connectivity index (χ1n) is 5.87. The molecule has 0 saturated heterocycles. The lowest BCUT2D eigenvalue weighted by atomic mass is 10.1. The number of aromatic amines is 2. The van der Waals surface area contributed by atoms with E-state index in [0.29, 0.717) is 5.69 Å². The molecular weight excluding hydrogens is 240 g/mol. The third-order valence-electron chi connectivity index (χ3n) is 2.77. The Hall–Kier alpha value is -2.82. The molecule has 3 N–H and O–H groups in total. The Morgan fingerprint density at radius 2 is 2.11 bits per heavy atom. The van der Waals surface area contributed by atoms with E-state index in [4.69, 9.17) is 0 Å². The number of benzene rings is 1. The van der Waals surface area contributed by atoms with Crippen molar-refractivity contribution >= 4 is 11.6 Å². The summed E-state index contributed by atoms with van der Waals surface area (Å²) in [6.45, 7) is 0. The van der Waals surface area contributed by atoms with Crippen LogP contribution >= 0.6 is 0 Å². The maximum Gasteiger partial charge on any atom is 0.272 e. The lowest BCUT2D eigenvalue weighted by Crippen LogP contribution is -2.12. The highest BCUT2D eigenvalue weighted by atomic mass is 16.1. The van der Waals surface area contributed by atoms with Crippen LogP contribution in [0.2, 0.25) is 0 Å². The van der Waals surface area contributed by atoms with Gasteiger partial charge in [0, 0.05) is 23.6 Å². The molecule has 0 fully saturated rings. The van der Waals surface area contributed by atoms with Gasteiger partial charge >= 0.3 is 0 Å². The average molecular weight is 252 g/mol. The molecule has 5 nitrogen and oxygen atoms in total. The van der Waals surface area contributed by atoms with E-state index in [1.807, 2.05) is 30.3 Å². The standard InChI is InChI=1S/C14H12N4O/c19-14(13-5-2-7-15-13)17-11-4-1-3-10(9-11)12-6-8-16-18-12/h1-9,15H,(H,16,18)(H,17,19). The monoisotopic (exact) mass is 252 g/mol. The molecule has 0 atom stereocenters. The van der Waals surface area contributed by atoms with Gasteiger partial charge in [-0.2, -0.15) is 5.10 Å². The molecule has 1 amide bonds. The average Bonchev–Trinajstić information content (AvgIpc) is 3.13. The molecule has 0 aliphatic rings. The van der Waals surface area contributed by atoms with Crippen molar-refractivity contribution in [2.45, 2.75) is 0 Å². The van der Waals surface area contributed by atoms with E-state index in [-0.39, 0.29) is 5.91 Å². The molecule has 0 aliphatic carbocycles. The van der Waals surface area contributed by atoms with Crippen LogP contribution in [-0.2, 0) is 0 Å². The number of rotatable bonds is 3. The highest BCUT2D eigenvalue weighted by Crippen LogP contribution is 2.20. The molecule has 0 aliphatic heterocycles. The smallest absolute Gasteiger partial charge is 0.272 e. The summed E-state index contributed by atoms with van der Waals surface area (Å²) in [5.74, 6) is -0.160. The normalized spacial score (nSPS) is 10.3. The fraction of sp³-hybridized carbons (Fsp3) is 0. The van der Waals surface area contributed by atoms with Crippen molar-refractivity contribution in [3.63, 3.8) is 0 Å².